The van der Waals surface area contributed by atoms with E-state index in [1.807, 2.05) is 0 Å². The van der Waals surface area contributed by atoms with Crippen molar-refractivity contribution >= 4 is 11.9 Å². The Labute approximate surface area is 117 Å². The molecule has 1 aromatic rings. The summed E-state index contributed by atoms with van der Waals surface area (Å²) in [6.45, 7) is 1.95. The Morgan fingerprint density at radius 2 is 1.65 bits per heavy atom. The summed E-state index contributed by atoms with van der Waals surface area (Å²) < 4.78 is 5.06. The monoisotopic (exact) mass is 278 g/mol. The highest BCUT2D eigenvalue weighted by molar-refractivity contribution is 5.94. The molecule has 0 unspecified atom stereocenters. The Balaban J connectivity index is 1.95. The van der Waals surface area contributed by atoms with Gasteiger partial charge in [0.2, 0.25) is 0 Å². The maximum absolute atomic E-state index is 12.3. The second-order valence-corrected chi connectivity index (χ2v) is 4.46. The average molecular weight is 278 g/mol. The van der Waals surface area contributed by atoms with E-state index in [2.05, 4.69) is 5.43 Å². The Bertz CT molecular complexity index is 481. The molecule has 1 fully saturated rings. The van der Waals surface area contributed by atoms with E-state index in [0.29, 0.717) is 37.5 Å². The number of rotatable bonds is 2. The number of nitrogens with one attached hydrogen (secondary N) is 1. The molecule has 0 saturated carbocycles. The van der Waals surface area contributed by atoms with Crippen molar-refractivity contribution < 1.29 is 14.3 Å². The number of piperazine rings is 1. The summed E-state index contributed by atoms with van der Waals surface area (Å²) in [5.74, 6) is 5.75. The van der Waals surface area contributed by atoms with Crippen molar-refractivity contribution in [2.75, 3.05) is 33.3 Å². The first kappa shape index (κ1) is 14.1. The molecule has 0 atom stereocenters. The van der Waals surface area contributed by atoms with E-state index in [1.54, 1.807) is 41.2 Å². The van der Waals surface area contributed by atoms with Crippen LogP contribution >= 0.6 is 0 Å². The summed E-state index contributed by atoms with van der Waals surface area (Å²) >= 11 is 0. The number of carbonyl (C=O) groups excluding carboxylic acids is 2. The predicted octanol–water partition coefficient (Wildman–Crippen LogP) is 0.0363. The first-order valence-corrected chi connectivity index (χ1v) is 6.34. The molecule has 1 aromatic carbocycles. The van der Waals surface area contributed by atoms with Gasteiger partial charge >= 0.3 is 6.03 Å². The van der Waals surface area contributed by atoms with Gasteiger partial charge in [-0.05, 0) is 24.3 Å². The van der Waals surface area contributed by atoms with Crippen molar-refractivity contribution in [3.63, 3.8) is 0 Å². The molecule has 1 aliphatic rings. The van der Waals surface area contributed by atoms with E-state index in [4.69, 9.17) is 10.6 Å². The van der Waals surface area contributed by atoms with Gasteiger partial charge in [-0.3, -0.25) is 10.2 Å². The lowest BCUT2D eigenvalue weighted by atomic mass is 10.1. The van der Waals surface area contributed by atoms with Crippen LogP contribution in [0.3, 0.4) is 0 Å². The zero-order chi connectivity index (χ0) is 14.5. The van der Waals surface area contributed by atoms with Gasteiger partial charge in [-0.25, -0.2) is 10.6 Å². The predicted molar refractivity (Wildman–Crippen MR) is 73.2 cm³/mol. The van der Waals surface area contributed by atoms with Gasteiger partial charge < -0.3 is 14.5 Å². The Morgan fingerprint density at radius 3 is 2.15 bits per heavy atom. The molecule has 20 heavy (non-hydrogen) atoms. The van der Waals surface area contributed by atoms with Crippen LogP contribution in [0.15, 0.2) is 24.3 Å². The number of urea groups is 1. The van der Waals surface area contributed by atoms with Gasteiger partial charge in [0, 0.05) is 31.7 Å². The van der Waals surface area contributed by atoms with Crippen LogP contribution in [0.4, 0.5) is 4.79 Å². The molecule has 1 saturated heterocycles. The molecular weight excluding hydrogens is 260 g/mol. The maximum atomic E-state index is 12.3. The molecule has 0 bridgehead atoms. The standard InChI is InChI=1S/C13H18N4O3/c1-20-11-4-2-10(3-5-11)12(18)16-6-8-17(9-7-16)13(19)15-14/h2-5H,6-9,14H2,1H3,(H,15,19). The molecule has 1 heterocycles. The molecule has 0 aliphatic carbocycles. The number of hydrazine groups is 1. The topological polar surface area (TPSA) is 87.9 Å². The van der Waals surface area contributed by atoms with Gasteiger partial charge in [0.05, 0.1) is 7.11 Å². The van der Waals surface area contributed by atoms with Crippen molar-refractivity contribution in [2.24, 2.45) is 5.84 Å². The van der Waals surface area contributed by atoms with Gasteiger partial charge in [-0.15, -0.1) is 0 Å². The van der Waals surface area contributed by atoms with Gasteiger partial charge in [0.15, 0.2) is 0 Å². The molecule has 3 N–H and O–H groups in total. The number of methoxy groups -OCH3 is 1. The first-order chi connectivity index (χ1) is 9.65. The van der Waals surface area contributed by atoms with Crippen LogP contribution < -0.4 is 16.0 Å². The fourth-order valence-corrected chi connectivity index (χ4v) is 2.12. The van der Waals surface area contributed by atoms with Crippen LogP contribution in [0, 0.1) is 0 Å². The van der Waals surface area contributed by atoms with Gasteiger partial charge in [-0.1, -0.05) is 0 Å². The fraction of sp³-hybridized carbons (Fsp3) is 0.385. The zero-order valence-electron chi connectivity index (χ0n) is 11.3. The Kier molecular flexibility index (Phi) is 4.41. The summed E-state index contributed by atoms with van der Waals surface area (Å²) in [5.41, 5.74) is 2.71. The third-order valence-electron chi connectivity index (χ3n) is 3.31. The quantitative estimate of drug-likeness (QED) is 0.454. The fourth-order valence-electron chi connectivity index (χ4n) is 2.12. The lowest BCUT2D eigenvalue weighted by Gasteiger charge is -2.34. The van der Waals surface area contributed by atoms with E-state index in [0.717, 1.165) is 0 Å². The minimum absolute atomic E-state index is 0.0412. The van der Waals surface area contributed by atoms with Crippen molar-refractivity contribution in [3.05, 3.63) is 29.8 Å². The summed E-state index contributed by atoms with van der Waals surface area (Å²) in [4.78, 5) is 26.9. The number of nitrogens with two attached hydrogens (primary N) is 1. The Morgan fingerprint density at radius 1 is 1.10 bits per heavy atom. The molecule has 7 nitrogen and oxygen atoms in total. The second-order valence-electron chi connectivity index (χ2n) is 4.46. The van der Waals surface area contributed by atoms with E-state index in [9.17, 15) is 9.59 Å². The number of nitrogens with zero attached hydrogens (tertiary/aromatic N) is 2. The average Bonchev–Trinajstić information content (AvgIpc) is 2.53. The van der Waals surface area contributed by atoms with Crippen molar-refractivity contribution in [1.82, 2.24) is 15.2 Å². The van der Waals surface area contributed by atoms with E-state index in [-0.39, 0.29) is 11.9 Å². The third-order valence-corrected chi connectivity index (χ3v) is 3.31. The molecule has 7 heteroatoms. The van der Waals surface area contributed by atoms with E-state index >= 15 is 0 Å². The second kappa shape index (κ2) is 6.25. The normalized spacial score (nSPS) is 14.9. The Hall–Kier alpha value is -2.28. The van der Waals surface area contributed by atoms with Crippen LogP contribution in [0.25, 0.3) is 0 Å². The molecule has 3 amide bonds. The highest BCUT2D eigenvalue weighted by Gasteiger charge is 2.24. The lowest BCUT2D eigenvalue weighted by molar-refractivity contribution is 0.0665. The third kappa shape index (κ3) is 3.00. The number of hydrogen-bond acceptors (Lipinski definition) is 4. The number of amides is 3. The number of carbonyl (C=O) groups is 2. The minimum Gasteiger partial charge on any atom is -0.497 e. The van der Waals surface area contributed by atoms with Crippen LogP contribution in [0.2, 0.25) is 0 Å². The molecule has 2 rings (SSSR count). The van der Waals surface area contributed by atoms with Crippen LogP contribution in [0.5, 0.6) is 5.75 Å². The van der Waals surface area contributed by atoms with Crippen LogP contribution in [-0.4, -0.2) is 55.0 Å². The molecule has 0 spiro atoms. The number of benzene rings is 1. The van der Waals surface area contributed by atoms with Crippen LogP contribution in [-0.2, 0) is 0 Å². The summed E-state index contributed by atoms with van der Waals surface area (Å²) in [6, 6.07) is 6.67. The molecule has 108 valence electrons. The SMILES string of the molecule is COc1ccc(C(=O)N2CCN(C(=O)NN)CC2)cc1. The van der Waals surface area contributed by atoms with Gasteiger partial charge in [0.25, 0.3) is 5.91 Å². The maximum Gasteiger partial charge on any atom is 0.331 e. The highest BCUT2D eigenvalue weighted by atomic mass is 16.5. The van der Waals surface area contributed by atoms with Crippen LogP contribution in [0.1, 0.15) is 10.4 Å². The summed E-state index contributed by atoms with van der Waals surface area (Å²) in [6.07, 6.45) is 0. The minimum atomic E-state index is -0.318. The number of hydrogen-bond donors (Lipinski definition) is 2. The van der Waals surface area contributed by atoms with Crippen molar-refractivity contribution in [2.45, 2.75) is 0 Å². The summed E-state index contributed by atoms with van der Waals surface area (Å²) in [5, 5.41) is 0. The molecular formula is C13H18N4O3. The van der Waals surface area contributed by atoms with E-state index < -0.39 is 0 Å². The largest absolute Gasteiger partial charge is 0.497 e. The van der Waals surface area contributed by atoms with Crippen molar-refractivity contribution in [3.8, 4) is 5.75 Å². The van der Waals surface area contributed by atoms with Gasteiger partial charge in [-0.2, -0.15) is 0 Å². The smallest absolute Gasteiger partial charge is 0.331 e. The lowest BCUT2D eigenvalue weighted by Crippen LogP contribution is -2.54. The van der Waals surface area contributed by atoms with E-state index in [1.165, 1.54) is 0 Å². The number of ether oxygens (including phenoxy) is 1. The molecule has 1 aliphatic heterocycles. The molecule has 0 aromatic heterocycles. The molecule has 0 radical (unpaired) electrons. The van der Waals surface area contributed by atoms with Crippen molar-refractivity contribution in [1.29, 1.82) is 0 Å². The van der Waals surface area contributed by atoms with Gasteiger partial charge in [0.1, 0.15) is 5.75 Å². The highest BCUT2D eigenvalue weighted by Crippen LogP contribution is 2.14. The first-order valence-electron chi connectivity index (χ1n) is 6.34. The summed E-state index contributed by atoms with van der Waals surface area (Å²) in [7, 11) is 1.58. The zero-order valence-corrected chi connectivity index (χ0v) is 11.3.